The molecule has 0 atom stereocenters. The summed E-state index contributed by atoms with van der Waals surface area (Å²) in [6.07, 6.45) is 3.21. The lowest BCUT2D eigenvalue weighted by Gasteiger charge is -2.09. The van der Waals surface area contributed by atoms with Crippen molar-refractivity contribution in [2.24, 2.45) is 0 Å². The molecule has 7 nitrogen and oxygen atoms in total. The van der Waals surface area contributed by atoms with Crippen molar-refractivity contribution >= 4 is 29.0 Å². The maximum absolute atomic E-state index is 12.3. The number of rotatable bonds is 9. The second-order valence-corrected chi connectivity index (χ2v) is 6.71. The number of hydrogen-bond donors (Lipinski definition) is 2. The number of ketones is 1. The molecule has 31 heavy (non-hydrogen) atoms. The van der Waals surface area contributed by atoms with Crippen LogP contribution in [0.4, 0.5) is 11.4 Å². The van der Waals surface area contributed by atoms with E-state index in [0.717, 1.165) is 0 Å². The maximum atomic E-state index is 12.3. The van der Waals surface area contributed by atoms with Crippen LogP contribution in [0.3, 0.4) is 0 Å². The Morgan fingerprint density at radius 1 is 0.871 bits per heavy atom. The van der Waals surface area contributed by atoms with Crippen molar-refractivity contribution < 1.29 is 19.1 Å². The van der Waals surface area contributed by atoms with Crippen molar-refractivity contribution in [3.63, 3.8) is 0 Å². The number of carbonyl (C=O) groups excluding carboxylic acids is 3. The highest BCUT2D eigenvalue weighted by Crippen LogP contribution is 2.17. The van der Waals surface area contributed by atoms with Crippen molar-refractivity contribution in [1.29, 1.82) is 0 Å². The molecule has 0 aliphatic heterocycles. The first kappa shape index (κ1) is 21.7. The van der Waals surface area contributed by atoms with Crippen LogP contribution < -0.4 is 15.4 Å². The lowest BCUT2D eigenvalue weighted by Crippen LogP contribution is -2.15. The van der Waals surface area contributed by atoms with E-state index >= 15 is 0 Å². The van der Waals surface area contributed by atoms with Crippen molar-refractivity contribution in [1.82, 2.24) is 4.98 Å². The average Bonchev–Trinajstić information content (AvgIpc) is 2.79. The van der Waals surface area contributed by atoms with Crippen LogP contribution in [-0.4, -0.2) is 29.2 Å². The normalized spacial score (nSPS) is 10.2. The highest BCUT2D eigenvalue weighted by atomic mass is 16.5. The third-order valence-electron chi connectivity index (χ3n) is 4.39. The molecule has 1 heterocycles. The summed E-state index contributed by atoms with van der Waals surface area (Å²) in [4.78, 5) is 40.7. The number of Topliss-reactive ketones (excluding diaryl/α,β-unsaturated/α-hetero) is 1. The molecular formula is C24H23N3O4. The Kier molecular flexibility index (Phi) is 7.48. The van der Waals surface area contributed by atoms with Crippen LogP contribution in [0.5, 0.6) is 5.75 Å². The SMILES string of the molecule is CCOc1ccc(C(=O)CCC(=O)Nc2cccc(NC(=O)c3cccnc3)c2)cc1. The minimum atomic E-state index is -0.294. The van der Waals surface area contributed by atoms with E-state index in [1.54, 1.807) is 66.9 Å². The van der Waals surface area contributed by atoms with Gasteiger partial charge in [0.25, 0.3) is 5.91 Å². The smallest absolute Gasteiger partial charge is 0.257 e. The molecule has 7 heteroatoms. The Labute approximate surface area is 180 Å². The maximum Gasteiger partial charge on any atom is 0.257 e. The second-order valence-electron chi connectivity index (χ2n) is 6.71. The molecule has 3 aromatic rings. The number of nitrogens with one attached hydrogen (secondary N) is 2. The molecule has 0 saturated carbocycles. The summed E-state index contributed by atoms with van der Waals surface area (Å²) in [7, 11) is 0. The monoisotopic (exact) mass is 417 g/mol. The molecule has 1 aromatic heterocycles. The van der Waals surface area contributed by atoms with Gasteiger partial charge in [0.15, 0.2) is 5.78 Å². The minimum absolute atomic E-state index is 0.0539. The van der Waals surface area contributed by atoms with E-state index in [1.807, 2.05) is 6.92 Å². The molecule has 0 fully saturated rings. The number of benzene rings is 2. The third-order valence-corrected chi connectivity index (χ3v) is 4.39. The Morgan fingerprint density at radius 2 is 1.61 bits per heavy atom. The molecule has 2 amide bonds. The molecule has 3 rings (SSSR count). The molecule has 0 saturated heterocycles. The summed E-state index contributed by atoms with van der Waals surface area (Å²) in [6.45, 7) is 2.45. The first-order valence-corrected chi connectivity index (χ1v) is 9.92. The van der Waals surface area contributed by atoms with Gasteiger partial charge in [-0.25, -0.2) is 0 Å². The van der Waals surface area contributed by atoms with Crippen LogP contribution in [-0.2, 0) is 4.79 Å². The number of aromatic nitrogens is 1. The van der Waals surface area contributed by atoms with Crippen molar-refractivity contribution in [3.05, 3.63) is 84.2 Å². The molecule has 0 aliphatic rings. The first-order valence-electron chi connectivity index (χ1n) is 9.92. The highest BCUT2D eigenvalue weighted by Gasteiger charge is 2.11. The molecule has 0 aliphatic carbocycles. The Morgan fingerprint density at radius 3 is 2.29 bits per heavy atom. The van der Waals surface area contributed by atoms with Gasteiger partial charge in [-0.05, 0) is 61.5 Å². The summed E-state index contributed by atoms with van der Waals surface area (Å²) in [5.74, 6) is 0.00975. The number of ether oxygens (including phenoxy) is 1. The predicted octanol–water partition coefficient (Wildman–Crippen LogP) is 4.33. The van der Waals surface area contributed by atoms with Gasteiger partial charge < -0.3 is 15.4 Å². The average molecular weight is 417 g/mol. The topological polar surface area (TPSA) is 97.4 Å². The number of amides is 2. The molecule has 2 N–H and O–H groups in total. The van der Waals surface area contributed by atoms with Crippen LogP contribution in [0.2, 0.25) is 0 Å². The first-order chi connectivity index (χ1) is 15.0. The quantitative estimate of drug-likeness (QED) is 0.505. The van der Waals surface area contributed by atoms with Gasteiger partial charge in [0.2, 0.25) is 5.91 Å². The van der Waals surface area contributed by atoms with Crippen molar-refractivity contribution in [2.75, 3.05) is 17.2 Å². The van der Waals surface area contributed by atoms with Gasteiger partial charge in [-0.3, -0.25) is 19.4 Å². The second kappa shape index (κ2) is 10.7. The van der Waals surface area contributed by atoms with E-state index in [0.29, 0.717) is 34.9 Å². The van der Waals surface area contributed by atoms with E-state index in [9.17, 15) is 14.4 Å². The van der Waals surface area contributed by atoms with Crippen LogP contribution in [0.1, 0.15) is 40.5 Å². The summed E-state index contributed by atoms with van der Waals surface area (Å²) >= 11 is 0. The van der Waals surface area contributed by atoms with Gasteiger partial charge in [0.1, 0.15) is 5.75 Å². The molecule has 2 aromatic carbocycles. The van der Waals surface area contributed by atoms with Crippen LogP contribution in [0.15, 0.2) is 73.1 Å². The zero-order chi connectivity index (χ0) is 22.1. The summed E-state index contributed by atoms with van der Waals surface area (Å²) < 4.78 is 5.36. The fraction of sp³-hybridized carbons (Fsp3) is 0.167. The number of anilines is 2. The molecule has 0 spiro atoms. The zero-order valence-corrected chi connectivity index (χ0v) is 17.1. The lowest BCUT2D eigenvalue weighted by molar-refractivity contribution is -0.116. The van der Waals surface area contributed by atoms with E-state index in [4.69, 9.17) is 4.74 Å². The Bertz CT molecular complexity index is 1050. The van der Waals surface area contributed by atoms with Gasteiger partial charge in [-0.1, -0.05) is 6.07 Å². The number of nitrogens with zero attached hydrogens (tertiary/aromatic N) is 1. The molecule has 158 valence electrons. The van der Waals surface area contributed by atoms with Crippen molar-refractivity contribution in [3.8, 4) is 5.75 Å². The molecule has 0 unspecified atom stereocenters. The van der Waals surface area contributed by atoms with Gasteiger partial charge in [0, 0.05) is 42.2 Å². The van der Waals surface area contributed by atoms with Crippen molar-refractivity contribution in [2.45, 2.75) is 19.8 Å². The zero-order valence-electron chi connectivity index (χ0n) is 17.1. The molecule has 0 radical (unpaired) electrons. The molecular weight excluding hydrogens is 394 g/mol. The fourth-order valence-corrected chi connectivity index (χ4v) is 2.87. The minimum Gasteiger partial charge on any atom is -0.494 e. The third kappa shape index (κ3) is 6.50. The van der Waals surface area contributed by atoms with Gasteiger partial charge in [-0.2, -0.15) is 0 Å². The standard InChI is InChI=1S/C24H23N3O4/c1-2-31-21-10-8-17(9-11-21)22(28)12-13-23(29)26-19-6-3-7-20(15-19)27-24(30)18-5-4-14-25-16-18/h3-11,14-16H,2,12-13H2,1H3,(H,26,29)(H,27,30). The van der Waals surface area contributed by atoms with Crippen LogP contribution in [0.25, 0.3) is 0 Å². The van der Waals surface area contributed by atoms with Gasteiger partial charge >= 0.3 is 0 Å². The number of pyridine rings is 1. The Balaban J connectivity index is 1.51. The summed E-state index contributed by atoms with van der Waals surface area (Å²) in [5.41, 5.74) is 2.04. The number of carbonyl (C=O) groups is 3. The van der Waals surface area contributed by atoms with E-state index < -0.39 is 0 Å². The van der Waals surface area contributed by atoms with E-state index in [1.165, 1.54) is 6.20 Å². The van der Waals surface area contributed by atoms with Crippen LogP contribution in [0, 0.1) is 0 Å². The lowest BCUT2D eigenvalue weighted by atomic mass is 10.1. The fourth-order valence-electron chi connectivity index (χ4n) is 2.87. The van der Waals surface area contributed by atoms with Crippen LogP contribution >= 0.6 is 0 Å². The van der Waals surface area contributed by atoms with Gasteiger partial charge in [-0.15, -0.1) is 0 Å². The Hall–Kier alpha value is -4.00. The van der Waals surface area contributed by atoms with E-state index in [2.05, 4.69) is 15.6 Å². The summed E-state index contributed by atoms with van der Waals surface area (Å²) in [5, 5.41) is 5.52. The largest absolute Gasteiger partial charge is 0.494 e. The van der Waals surface area contributed by atoms with E-state index in [-0.39, 0.29) is 30.4 Å². The number of hydrogen-bond acceptors (Lipinski definition) is 5. The molecule has 0 bridgehead atoms. The summed E-state index contributed by atoms with van der Waals surface area (Å²) in [6, 6.07) is 17.0. The predicted molar refractivity (Wildman–Crippen MR) is 118 cm³/mol. The van der Waals surface area contributed by atoms with Gasteiger partial charge in [0.05, 0.1) is 12.2 Å². The highest BCUT2D eigenvalue weighted by molar-refractivity contribution is 6.04.